The topological polar surface area (TPSA) is 268 Å². The molecular formula is C13H21B2FN5O13P3. The van der Waals surface area contributed by atoms with Crippen LogP contribution in [0.5, 0.6) is 5.88 Å². The number of phosphoric acid groups is 3. The summed E-state index contributed by atoms with van der Waals surface area (Å²) in [4.78, 5) is 48.0. The number of hydrogen-bond acceptors (Lipinski definition) is 13. The lowest BCUT2D eigenvalue weighted by atomic mass is 9.59. The van der Waals surface area contributed by atoms with Gasteiger partial charge in [-0.05, 0) is 13.8 Å². The van der Waals surface area contributed by atoms with Gasteiger partial charge in [-0.3, -0.25) is 4.52 Å². The highest BCUT2D eigenvalue weighted by Crippen LogP contribution is 2.67. The molecule has 2 rings (SSSR count). The number of anilines is 1. The number of ether oxygens (including phenoxy) is 2. The molecule has 0 bridgehead atoms. The molecule has 0 saturated carbocycles. The number of rotatable bonds is 13. The number of halogens is 1. The SMILES string of the molecule is [B]C([B])(OP(=O)(O)OP(=O)(O)OP(=O)(O)O)[C@@](F)(OC)[C@@H](O)[C@H](C)n1cnc2c(OCC)nc(N)nc21. The summed E-state index contributed by atoms with van der Waals surface area (Å²) in [5, 5.41) is 7.15. The van der Waals surface area contributed by atoms with E-state index < -0.39 is 46.9 Å². The molecular weight excluding hydrogens is 568 g/mol. The smallest absolute Gasteiger partial charge is 0.476 e. The number of nitrogens with two attached hydrogens (primary N) is 1. The maximum Gasteiger partial charge on any atom is 0.490 e. The molecule has 18 nitrogen and oxygen atoms in total. The number of aliphatic hydroxyl groups is 1. The Labute approximate surface area is 210 Å². The Morgan fingerprint density at radius 3 is 2.27 bits per heavy atom. The summed E-state index contributed by atoms with van der Waals surface area (Å²) >= 11 is 0. The monoisotopic (exact) mass is 589 g/mol. The molecule has 5 atom stereocenters. The van der Waals surface area contributed by atoms with E-state index in [1.165, 1.54) is 6.92 Å². The van der Waals surface area contributed by atoms with Crippen LogP contribution >= 0.6 is 23.5 Å². The van der Waals surface area contributed by atoms with Crippen LogP contribution in [0.2, 0.25) is 0 Å². The zero-order chi connectivity index (χ0) is 28.6. The minimum Gasteiger partial charge on any atom is -0.476 e. The van der Waals surface area contributed by atoms with Crippen LogP contribution in [0.3, 0.4) is 0 Å². The molecule has 204 valence electrons. The number of methoxy groups -OCH3 is 1. The van der Waals surface area contributed by atoms with E-state index in [4.69, 9.17) is 35.9 Å². The first-order chi connectivity index (χ1) is 16.7. The molecule has 2 aromatic heterocycles. The third-order valence-electron chi connectivity index (χ3n) is 4.48. The van der Waals surface area contributed by atoms with Gasteiger partial charge < -0.3 is 44.5 Å². The fourth-order valence-corrected chi connectivity index (χ4v) is 6.11. The Bertz CT molecular complexity index is 1280. The zero-order valence-electron chi connectivity index (χ0n) is 19.2. The third-order valence-corrected chi connectivity index (χ3v) is 8.34. The standard InChI is InChI=1S/C13H21B2FN5O13P3/c1-4-31-10-7-9(19-11(17)20-10)21(5-18-7)6(2)8(22)12(16,30-3)13(14,15)32-36(26,27)34-37(28,29)33-35(23,24)25/h5-6,8,22H,4H2,1-3H3,(H,26,27)(H,28,29)(H2,17,19,20)(H2,23,24,25)/t6-,8-,12-/m0/s1. The number of fused-ring (bicyclic) bond motifs is 1. The number of imidazole rings is 1. The molecule has 7 N–H and O–H groups in total. The Hall–Kier alpha value is -1.46. The predicted octanol–water partition coefficient (Wildman–Crippen LogP) is -0.625. The molecule has 0 aliphatic carbocycles. The highest BCUT2D eigenvalue weighted by atomic mass is 31.3. The minimum absolute atomic E-state index is 0.0247. The van der Waals surface area contributed by atoms with Gasteiger partial charge in [0.1, 0.15) is 21.8 Å². The van der Waals surface area contributed by atoms with Crippen molar-refractivity contribution in [2.45, 2.75) is 37.2 Å². The maximum atomic E-state index is 15.9. The quantitative estimate of drug-likeness (QED) is 0.125. The van der Waals surface area contributed by atoms with E-state index in [1.807, 2.05) is 0 Å². The molecule has 2 heterocycles. The highest BCUT2D eigenvalue weighted by Gasteiger charge is 2.57. The van der Waals surface area contributed by atoms with Crippen molar-refractivity contribution in [3.8, 4) is 5.88 Å². The summed E-state index contributed by atoms with van der Waals surface area (Å²) in [6, 6.07) is -1.45. The summed E-state index contributed by atoms with van der Waals surface area (Å²) in [7, 11) is -6.22. The van der Waals surface area contributed by atoms with Gasteiger partial charge in [0.15, 0.2) is 11.2 Å². The van der Waals surface area contributed by atoms with Gasteiger partial charge >= 0.3 is 23.5 Å². The number of hydrogen-bond donors (Lipinski definition) is 6. The van der Waals surface area contributed by atoms with Gasteiger partial charge in [-0.15, -0.1) is 0 Å². The normalized spacial score (nSPS) is 19.5. The molecule has 0 aromatic carbocycles. The van der Waals surface area contributed by atoms with Crippen molar-refractivity contribution in [3.63, 3.8) is 0 Å². The second kappa shape index (κ2) is 11.0. The van der Waals surface area contributed by atoms with E-state index in [1.54, 1.807) is 6.92 Å². The van der Waals surface area contributed by atoms with Crippen molar-refractivity contribution in [1.82, 2.24) is 19.5 Å². The first-order valence-corrected chi connectivity index (χ1v) is 14.2. The summed E-state index contributed by atoms with van der Waals surface area (Å²) in [6.45, 7) is 3.03. The molecule has 2 aromatic rings. The second-order valence-electron chi connectivity index (χ2n) is 7.15. The first kappa shape index (κ1) is 31.8. The van der Waals surface area contributed by atoms with Crippen LogP contribution in [0.25, 0.3) is 11.2 Å². The molecule has 0 saturated heterocycles. The van der Waals surface area contributed by atoms with E-state index in [2.05, 4.69) is 32.8 Å². The van der Waals surface area contributed by atoms with Gasteiger partial charge in [-0.25, -0.2) is 23.1 Å². The average Bonchev–Trinajstić information content (AvgIpc) is 3.12. The van der Waals surface area contributed by atoms with Crippen molar-refractivity contribution in [1.29, 1.82) is 0 Å². The molecule has 4 radical (unpaired) electrons. The van der Waals surface area contributed by atoms with Crippen molar-refractivity contribution in [2.75, 3.05) is 19.5 Å². The third kappa shape index (κ3) is 7.35. The van der Waals surface area contributed by atoms with E-state index in [9.17, 15) is 28.6 Å². The molecule has 0 fully saturated rings. The van der Waals surface area contributed by atoms with Crippen LogP contribution in [0.1, 0.15) is 19.9 Å². The lowest BCUT2D eigenvalue weighted by molar-refractivity contribution is -0.241. The first-order valence-electron chi connectivity index (χ1n) is 9.66. The van der Waals surface area contributed by atoms with Crippen molar-refractivity contribution >= 4 is 56.3 Å². The maximum absolute atomic E-state index is 15.9. The Kier molecular flexibility index (Phi) is 9.41. The minimum atomic E-state index is -6.06. The van der Waals surface area contributed by atoms with Crippen LogP contribution < -0.4 is 10.5 Å². The van der Waals surface area contributed by atoms with E-state index in [0.717, 1.165) is 10.9 Å². The summed E-state index contributed by atoms with van der Waals surface area (Å²) in [5.74, 6) is -4.09. The lowest BCUT2D eigenvalue weighted by Crippen LogP contribution is -2.63. The number of nitrogens with zero attached hydrogens (tertiary/aromatic N) is 4. The number of nitrogen functional groups attached to an aromatic ring is 1. The largest absolute Gasteiger partial charge is 0.490 e. The number of aliphatic hydroxyl groups excluding tert-OH is 1. The van der Waals surface area contributed by atoms with E-state index in [0.29, 0.717) is 7.11 Å². The average molecular weight is 589 g/mol. The lowest BCUT2D eigenvalue weighted by Gasteiger charge is -2.44. The Morgan fingerprint density at radius 2 is 1.76 bits per heavy atom. The number of phosphoric ester groups is 1. The Morgan fingerprint density at radius 1 is 1.16 bits per heavy atom. The van der Waals surface area contributed by atoms with Crippen LogP contribution in [-0.4, -0.2) is 91.0 Å². The highest BCUT2D eigenvalue weighted by molar-refractivity contribution is 7.66. The molecule has 2 unspecified atom stereocenters. The molecule has 24 heteroatoms. The van der Waals surface area contributed by atoms with E-state index >= 15 is 4.39 Å². The van der Waals surface area contributed by atoms with Crippen molar-refractivity contribution in [2.24, 2.45) is 0 Å². The second-order valence-corrected chi connectivity index (χ2v) is 11.5. The van der Waals surface area contributed by atoms with Crippen LogP contribution in [0.4, 0.5) is 10.3 Å². The fraction of sp³-hybridized carbons (Fsp3) is 0.615. The summed E-state index contributed by atoms with van der Waals surface area (Å²) in [6.07, 6.45) is -1.38. The summed E-state index contributed by atoms with van der Waals surface area (Å²) < 4.78 is 72.5. The molecule has 0 aliphatic heterocycles. The van der Waals surface area contributed by atoms with Gasteiger partial charge in [-0.1, -0.05) is 0 Å². The van der Waals surface area contributed by atoms with Crippen molar-refractivity contribution < 1.29 is 65.4 Å². The predicted molar refractivity (Wildman–Crippen MR) is 122 cm³/mol. The molecule has 37 heavy (non-hydrogen) atoms. The molecule has 0 amide bonds. The van der Waals surface area contributed by atoms with Gasteiger partial charge in [0.05, 0.1) is 24.4 Å². The summed E-state index contributed by atoms with van der Waals surface area (Å²) in [5.41, 5.74) is 5.68. The van der Waals surface area contributed by atoms with Gasteiger partial charge in [0.25, 0.3) is 0 Å². The van der Waals surface area contributed by atoms with E-state index in [-0.39, 0.29) is 29.6 Å². The van der Waals surface area contributed by atoms with Gasteiger partial charge in [0.2, 0.25) is 17.7 Å². The van der Waals surface area contributed by atoms with Gasteiger partial charge in [-0.2, -0.15) is 18.6 Å². The van der Waals surface area contributed by atoms with Crippen LogP contribution in [0, 0.1) is 0 Å². The van der Waals surface area contributed by atoms with Crippen LogP contribution in [-0.2, 0) is 31.6 Å². The molecule has 0 aliphatic rings. The van der Waals surface area contributed by atoms with Gasteiger partial charge in [0, 0.05) is 7.11 Å². The zero-order valence-corrected chi connectivity index (χ0v) is 21.9. The Balaban J connectivity index is 2.40. The molecule has 0 spiro atoms. The number of aromatic nitrogens is 4. The van der Waals surface area contributed by atoms with Crippen LogP contribution in [0.15, 0.2) is 6.33 Å². The van der Waals surface area contributed by atoms with Crippen molar-refractivity contribution in [3.05, 3.63) is 6.33 Å². The number of alkyl halides is 1. The fourth-order valence-electron chi connectivity index (χ4n) is 2.97.